The van der Waals surface area contributed by atoms with Gasteiger partial charge in [-0.2, -0.15) is 0 Å². The Balaban J connectivity index is 1.65. The van der Waals surface area contributed by atoms with Crippen molar-refractivity contribution >= 4 is 0 Å². The SMILES string of the molecule is CC1(C)C(O)CC1NCCOc1ccccc1. The predicted molar refractivity (Wildman–Crippen MR) is 68.1 cm³/mol. The molecule has 1 aromatic rings. The summed E-state index contributed by atoms with van der Waals surface area (Å²) in [5.41, 5.74) is -0.00720. The van der Waals surface area contributed by atoms with Crippen LogP contribution >= 0.6 is 0 Å². The summed E-state index contributed by atoms with van der Waals surface area (Å²) < 4.78 is 5.59. The Labute approximate surface area is 103 Å². The van der Waals surface area contributed by atoms with Gasteiger partial charge in [-0.05, 0) is 18.6 Å². The topological polar surface area (TPSA) is 41.5 Å². The third-order valence-corrected chi connectivity index (χ3v) is 3.72. The lowest BCUT2D eigenvalue weighted by Gasteiger charge is -2.49. The van der Waals surface area contributed by atoms with Crippen LogP contribution < -0.4 is 10.1 Å². The summed E-state index contributed by atoms with van der Waals surface area (Å²) in [6.45, 7) is 5.66. The van der Waals surface area contributed by atoms with Crippen LogP contribution in [0.3, 0.4) is 0 Å². The summed E-state index contributed by atoms with van der Waals surface area (Å²) >= 11 is 0. The van der Waals surface area contributed by atoms with E-state index in [0.717, 1.165) is 18.7 Å². The van der Waals surface area contributed by atoms with Gasteiger partial charge in [0.1, 0.15) is 12.4 Å². The molecular weight excluding hydrogens is 214 g/mol. The number of aliphatic hydroxyl groups excluding tert-OH is 1. The largest absolute Gasteiger partial charge is 0.492 e. The number of hydrogen-bond donors (Lipinski definition) is 2. The van der Waals surface area contributed by atoms with Crippen LogP contribution in [0.1, 0.15) is 20.3 Å². The number of ether oxygens (including phenoxy) is 1. The van der Waals surface area contributed by atoms with Gasteiger partial charge in [-0.15, -0.1) is 0 Å². The fraction of sp³-hybridized carbons (Fsp3) is 0.571. The Morgan fingerprint density at radius 1 is 1.35 bits per heavy atom. The van der Waals surface area contributed by atoms with Crippen molar-refractivity contribution < 1.29 is 9.84 Å². The average Bonchev–Trinajstić information content (AvgIpc) is 2.34. The second kappa shape index (κ2) is 5.07. The van der Waals surface area contributed by atoms with Crippen molar-refractivity contribution in [1.29, 1.82) is 0 Å². The highest BCUT2D eigenvalue weighted by Gasteiger charge is 2.46. The van der Waals surface area contributed by atoms with Crippen molar-refractivity contribution in [3.05, 3.63) is 30.3 Å². The molecule has 2 unspecified atom stereocenters. The van der Waals surface area contributed by atoms with Crippen LogP contribution in [0.25, 0.3) is 0 Å². The number of aliphatic hydroxyl groups is 1. The number of rotatable bonds is 5. The minimum absolute atomic E-state index is 0.00720. The molecule has 94 valence electrons. The molecule has 2 rings (SSSR count). The molecule has 0 aromatic heterocycles. The molecule has 1 aliphatic carbocycles. The van der Waals surface area contributed by atoms with Crippen molar-refractivity contribution in [3.8, 4) is 5.75 Å². The highest BCUT2D eigenvalue weighted by Crippen LogP contribution is 2.40. The molecule has 0 heterocycles. The average molecular weight is 235 g/mol. The molecule has 0 spiro atoms. The lowest BCUT2D eigenvalue weighted by Crippen LogP contribution is -2.60. The number of benzene rings is 1. The van der Waals surface area contributed by atoms with Crippen molar-refractivity contribution in [1.82, 2.24) is 5.32 Å². The Kier molecular flexibility index (Phi) is 3.69. The predicted octanol–water partition coefficient (Wildman–Crippen LogP) is 1.81. The lowest BCUT2D eigenvalue weighted by molar-refractivity contribution is -0.0728. The first-order valence-electron chi connectivity index (χ1n) is 6.20. The first-order chi connectivity index (χ1) is 8.10. The number of hydrogen-bond acceptors (Lipinski definition) is 3. The molecule has 0 saturated heterocycles. The second-order valence-corrected chi connectivity index (χ2v) is 5.24. The normalized spacial score (nSPS) is 26.3. The minimum atomic E-state index is -0.171. The number of para-hydroxylation sites is 1. The summed E-state index contributed by atoms with van der Waals surface area (Å²) in [7, 11) is 0. The molecule has 0 aliphatic heterocycles. The molecule has 2 N–H and O–H groups in total. The number of nitrogens with one attached hydrogen (secondary N) is 1. The van der Waals surface area contributed by atoms with Crippen LogP contribution in [0.5, 0.6) is 5.75 Å². The molecule has 1 fully saturated rings. The smallest absolute Gasteiger partial charge is 0.119 e. The van der Waals surface area contributed by atoms with Gasteiger partial charge in [0, 0.05) is 18.0 Å². The van der Waals surface area contributed by atoms with Crippen LogP contribution in [0.15, 0.2) is 30.3 Å². The molecule has 1 saturated carbocycles. The van der Waals surface area contributed by atoms with Gasteiger partial charge in [-0.25, -0.2) is 0 Å². The maximum atomic E-state index is 9.61. The summed E-state index contributed by atoms with van der Waals surface area (Å²) in [4.78, 5) is 0. The zero-order valence-electron chi connectivity index (χ0n) is 10.5. The monoisotopic (exact) mass is 235 g/mol. The van der Waals surface area contributed by atoms with Crippen LogP contribution in [0, 0.1) is 5.41 Å². The van der Waals surface area contributed by atoms with E-state index >= 15 is 0 Å². The second-order valence-electron chi connectivity index (χ2n) is 5.24. The molecular formula is C14H21NO2. The molecule has 3 heteroatoms. The van der Waals surface area contributed by atoms with Gasteiger partial charge in [0.25, 0.3) is 0 Å². The Hall–Kier alpha value is -1.06. The van der Waals surface area contributed by atoms with E-state index in [1.54, 1.807) is 0 Å². The van der Waals surface area contributed by atoms with Crippen molar-refractivity contribution in [2.75, 3.05) is 13.2 Å². The fourth-order valence-electron chi connectivity index (χ4n) is 2.17. The Bertz CT molecular complexity index is 350. The summed E-state index contributed by atoms with van der Waals surface area (Å²) in [6, 6.07) is 10.2. The van der Waals surface area contributed by atoms with Crippen LogP contribution in [0.2, 0.25) is 0 Å². The van der Waals surface area contributed by atoms with Gasteiger partial charge in [0.15, 0.2) is 0 Å². The van der Waals surface area contributed by atoms with E-state index in [-0.39, 0.29) is 11.5 Å². The van der Waals surface area contributed by atoms with Gasteiger partial charge in [-0.3, -0.25) is 0 Å². The molecule has 1 aromatic carbocycles. The quantitative estimate of drug-likeness (QED) is 0.765. The summed E-state index contributed by atoms with van der Waals surface area (Å²) in [5, 5.41) is 13.0. The highest BCUT2D eigenvalue weighted by atomic mass is 16.5. The van der Waals surface area contributed by atoms with Crippen LogP contribution in [-0.2, 0) is 0 Å². The Morgan fingerprint density at radius 3 is 2.65 bits per heavy atom. The third-order valence-electron chi connectivity index (χ3n) is 3.72. The molecule has 0 amide bonds. The first-order valence-corrected chi connectivity index (χ1v) is 6.20. The van der Waals surface area contributed by atoms with Gasteiger partial charge >= 0.3 is 0 Å². The molecule has 0 radical (unpaired) electrons. The summed E-state index contributed by atoms with van der Waals surface area (Å²) in [6.07, 6.45) is 0.674. The van der Waals surface area contributed by atoms with E-state index in [4.69, 9.17) is 4.74 Å². The minimum Gasteiger partial charge on any atom is -0.492 e. The van der Waals surface area contributed by atoms with E-state index < -0.39 is 0 Å². The van der Waals surface area contributed by atoms with E-state index in [1.807, 2.05) is 30.3 Å². The van der Waals surface area contributed by atoms with Gasteiger partial charge in [-0.1, -0.05) is 32.0 Å². The van der Waals surface area contributed by atoms with Gasteiger partial charge in [0.05, 0.1) is 6.10 Å². The first kappa shape index (κ1) is 12.4. The van der Waals surface area contributed by atoms with E-state index in [1.165, 1.54) is 0 Å². The van der Waals surface area contributed by atoms with Crippen LogP contribution in [0.4, 0.5) is 0 Å². The van der Waals surface area contributed by atoms with Crippen LogP contribution in [-0.4, -0.2) is 30.4 Å². The standard InChI is InChI=1S/C14H21NO2/c1-14(2)12(10-13(14)16)15-8-9-17-11-6-4-3-5-7-11/h3-7,12-13,15-16H,8-10H2,1-2H3. The van der Waals surface area contributed by atoms with E-state index in [9.17, 15) is 5.11 Å². The lowest BCUT2D eigenvalue weighted by atomic mass is 9.64. The zero-order chi connectivity index (χ0) is 12.3. The maximum Gasteiger partial charge on any atom is 0.119 e. The van der Waals surface area contributed by atoms with Gasteiger partial charge in [0.2, 0.25) is 0 Å². The highest BCUT2D eigenvalue weighted by molar-refractivity contribution is 5.20. The van der Waals surface area contributed by atoms with Crippen molar-refractivity contribution in [3.63, 3.8) is 0 Å². The van der Waals surface area contributed by atoms with Gasteiger partial charge < -0.3 is 15.2 Å². The molecule has 3 nitrogen and oxygen atoms in total. The van der Waals surface area contributed by atoms with Crippen molar-refractivity contribution in [2.24, 2.45) is 5.41 Å². The Morgan fingerprint density at radius 2 is 2.06 bits per heavy atom. The molecule has 17 heavy (non-hydrogen) atoms. The third kappa shape index (κ3) is 2.79. The molecule has 0 bridgehead atoms. The zero-order valence-corrected chi connectivity index (χ0v) is 10.5. The van der Waals surface area contributed by atoms with Crippen molar-refractivity contribution in [2.45, 2.75) is 32.4 Å². The fourth-order valence-corrected chi connectivity index (χ4v) is 2.17. The van der Waals surface area contributed by atoms with E-state index in [2.05, 4.69) is 19.2 Å². The molecule has 1 aliphatic rings. The molecule has 2 atom stereocenters. The van der Waals surface area contributed by atoms with E-state index in [0.29, 0.717) is 12.6 Å². The summed E-state index contributed by atoms with van der Waals surface area (Å²) in [5.74, 6) is 0.905. The maximum absolute atomic E-state index is 9.61.